The summed E-state index contributed by atoms with van der Waals surface area (Å²) in [5.74, 6) is 0. The molecule has 0 aliphatic carbocycles. The van der Waals surface area contributed by atoms with Crippen LogP contribution < -0.4 is 5.32 Å². The van der Waals surface area contributed by atoms with Crippen LogP contribution in [0, 0.1) is 6.92 Å². The summed E-state index contributed by atoms with van der Waals surface area (Å²) < 4.78 is 2.28. The van der Waals surface area contributed by atoms with Gasteiger partial charge in [0.2, 0.25) is 0 Å². The van der Waals surface area contributed by atoms with Crippen LogP contribution in [0.15, 0.2) is 36.5 Å². The van der Waals surface area contributed by atoms with Crippen LogP contribution in [0.3, 0.4) is 0 Å². The summed E-state index contributed by atoms with van der Waals surface area (Å²) in [6, 6.07) is 10.4. The third kappa shape index (κ3) is 2.78. The first-order chi connectivity index (χ1) is 10.1. The summed E-state index contributed by atoms with van der Waals surface area (Å²) in [6.45, 7) is 6.05. The zero-order valence-electron chi connectivity index (χ0n) is 12.1. The molecule has 0 amide bonds. The molecule has 3 rings (SSSR count). The van der Waals surface area contributed by atoms with E-state index in [9.17, 15) is 0 Å². The van der Waals surface area contributed by atoms with Crippen molar-refractivity contribution in [2.45, 2.75) is 26.4 Å². The molecule has 1 aliphatic rings. The van der Waals surface area contributed by atoms with E-state index in [2.05, 4.69) is 40.0 Å². The van der Waals surface area contributed by atoms with E-state index in [4.69, 9.17) is 23.8 Å². The third-order valence-electron chi connectivity index (χ3n) is 4.03. The standard InChI is InChI=1S/C16H18ClN3S/c1-11-5-6-13(10-14(11)17)18-16(21)20-9-8-19-7-3-4-15(19)12(20)2/h3-7,10,12H,8-9H2,1-2H3,(H,18,21)/t12-/m0/s1. The highest BCUT2D eigenvalue weighted by Gasteiger charge is 2.25. The zero-order chi connectivity index (χ0) is 15.0. The van der Waals surface area contributed by atoms with E-state index in [0.717, 1.165) is 34.5 Å². The molecule has 1 aromatic heterocycles. The molecule has 2 aromatic rings. The highest BCUT2D eigenvalue weighted by molar-refractivity contribution is 7.80. The van der Waals surface area contributed by atoms with Crippen LogP contribution in [0.25, 0.3) is 0 Å². The maximum atomic E-state index is 6.16. The second-order valence-corrected chi connectivity index (χ2v) is 6.18. The Balaban J connectivity index is 1.75. The predicted octanol–water partition coefficient (Wildman–Crippen LogP) is 4.22. The Bertz CT molecular complexity index is 680. The Labute approximate surface area is 135 Å². The average molecular weight is 320 g/mol. The van der Waals surface area contributed by atoms with Gasteiger partial charge in [-0.15, -0.1) is 0 Å². The number of hydrogen-bond donors (Lipinski definition) is 1. The van der Waals surface area contributed by atoms with Crippen molar-refractivity contribution >= 4 is 34.6 Å². The number of nitrogens with zero attached hydrogens (tertiary/aromatic N) is 2. The van der Waals surface area contributed by atoms with Crippen molar-refractivity contribution in [1.82, 2.24) is 9.47 Å². The smallest absolute Gasteiger partial charge is 0.174 e. The van der Waals surface area contributed by atoms with Crippen LogP contribution in [-0.4, -0.2) is 21.1 Å². The zero-order valence-corrected chi connectivity index (χ0v) is 13.7. The molecule has 1 aliphatic heterocycles. The van der Waals surface area contributed by atoms with Crippen LogP contribution in [0.1, 0.15) is 24.2 Å². The number of aryl methyl sites for hydroxylation is 1. The number of aromatic nitrogens is 1. The van der Waals surface area contributed by atoms with E-state index in [1.807, 2.05) is 25.1 Å². The molecule has 0 unspecified atom stereocenters. The van der Waals surface area contributed by atoms with E-state index in [-0.39, 0.29) is 6.04 Å². The minimum Gasteiger partial charge on any atom is -0.348 e. The fraction of sp³-hybridized carbons (Fsp3) is 0.312. The molecule has 0 spiro atoms. The van der Waals surface area contributed by atoms with Gasteiger partial charge in [0.25, 0.3) is 0 Å². The first-order valence-corrected chi connectivity index (χ1v) is 7.83. The Hall–Kier alpha value is -1.52. The van der Waals surface area contributed by atoms with E-state index in [1.54, 1.807) is 0 Å². The summed E-state index contributed by atoms with van der Waals surface area (Å²) in [5, 5.41) is 4.80. The molecule has 0 saturated carbocycles. The summed E-state index contributed by atoms with van der Waals surface area (Å²) >= 11 is 11.7. The highest BCUT2D eigenvalue weighted by atomic mass is 35.5. The van der Waals surface area contributed by atoms with Crippen molar-refractivity contribution in [3.8, 4) is 0 Å². The monoisotopic (exact) mass is 319 g/mol. The number of thiocarbonyl (C=S) groups is 1. The molecule has 0 radical (unpaired) electrons. The van der Waals surface area contributed by atoms with Crippen molar-refractivity contribution in [2.24, 2.45) is 0 Å². The Kier molecular flexibility index (Phi) is 3.91. The average Bonchev–Trinajstić information content (AvgIpc) is 2.92. The van der Waals surface area contributed by atoms with E-state index >= 15 is 0 Å². The molecule has 1 N–H and O–H groups in total. The molecular weight excluding hydrogens is 302 g/mol. The molecule has 0 bridgehead atoms. The lowest BCUT2D eigenvalue weighted by Crippen LogP contribution is -2.42. The molecule has 110 valence electrons. The van der Waals surface area contributed by atoms with Crippen molar-refractivity contribution in [3.05, 3.63) is 52.8 Å². The normalized spacial score (nSPS) is 17.5. The number of fused-ring (bicyclic) bond motifs is 1. The molecule has 0 saturated heterocycles. The maximum absolute atomic E-state index is 6.16. The van der Waals surface area contributed by atoms with E-state index in [0.29, 0.717) is 0 Å². The second kappa shape index (κ2) is 5.70. The Morgan fingerprint density at radius 1 is 1.33 bits per heavy atom. The van der Waals surface area contributed by atoms with Crippen LogP contribution in [-0.2, 0) is 6.54 Å². The number of rotatable bonds is 1. The lowest BCUT2D eigenvalue weighted by molar-refractivity contribution is 0.276. The molecule has 1 aromatic carbocycles. The summed E-state index contributed by atoms with van der Waals surface area (Å²) in [5.41, 5.74) is 3.30. The quantitative estimate of drug-likeness (QED) is 0.795. The predicted molar refractivity (Wildman–Crippen MR) is 92.0 cm³/mol. The van der Waals surface area contributed by atoms with Gasteiger partial charge in [0.15, 0.2) is 5.11 Å². The molecule has 3 nitrogen and oxygen atoms in total. The molecule has 2 heterocycles. The van der Waals surface area contributed by atoms with Crippen LogP contribution in [0.5, 0.6) is 0 Å². The Morgan fingerprint density at radius 2 is 2.14 bits per heavy atom. The molecule has 5 heteroatoms. The minimum absolute atomic E-state index is 0.273. The number of halogens is 1. The van der Waals surface area contributed by atoms with Gasteiger partial charge in [-0.25, -0.2) is 0 Å². The number of hydrogen-bond acceptors (Lipinski definition) is 1. The van der Waals surface area contributed by atoms with Gasteiger partial charge < -0.3 is 14.8 Å². The lowest BCUT2D eigenvalue weighted by Gasteiger charge is -2.36. The van der Waals surface area contributed by atoms with Gasteiger partial charge >= 0.3 is 0 Å². The van der Waals surface area contributed by atoms with Crippen molar-refractivity contribution in [2.75, 3.05) is 11.9 Å². The third-order valence-corrected chi connectivity index (χ3v) is 4.77. The number of nitrogens with one attached hydrogen (secondary N) is 1. The summed E-state index contributed by atoms with van der Waals surface area (Å²) in [4.78, 5) is 2.22. The van der Waals surface area contributed by atoms with Gasteiger partial charge in [0, 0.05) is 35.7 Å². The van der Waals surface area contributed by atoms with Crippen LogP contribution in [0.4, 0.5) is 5.69 Å². The molecular formula is C16H18ClN3S. The summed E-state index contributed by atoms with van der Waals surface area (Å²) in [7, 11) is 0. The topological polar surface area (TPSA) is 20.2 Å². The first kappa shape index (κ1) is 14.4. The second-order valence-electron chi connectivity index (χ2n) is 5.39. The SMILES string of the molecule is Cc1ccc(NC(=S)N2CCn3cccc3[C@@H]2C)cc1Cl. The molecule has 1 atom stereocenters. The van der Waals surface area contributed by atoms with Gasteiger partial charge in [0.1, 0.15) is 0 Å². The fourth-order valence-electron chi connectivity index (χ4n) is 2.72. The van der Waals surface area contributed by atoms with E-state index < -0.39 is 0 Å². The largest absolute Gasteiger partial charge is 0.348 e. The first-order valence-electron chi connectivity index (χ1n) is 7.05. The maximum Gasteiger partial charge on any atom is 0.174 e. The van der Waals surface area contributed by atoms with Gasteiger partial charge in [-0.05, 0) is 55.9 Å². The van der Waals surface area contributed by atoms with Crippen LogP contribution in [0.2, 0.25) is 5.02 Å². The van der Waals surface area contributed by atoms with Gasteiger partial charge in [-0.1, -0.05) is 17.7 Å². The number of anilines is 1. The fourth-order valence-corrected chi connectivity index (χ4v) is 3.27. The van der Waals surface area contributed by atoms with Crippen molar-refractivity contribution < 1.29 is 0 Å². The van der Waals surface area contributed by atoms with Gasteiger partial charge in [-0.3, -0.25) is 0 Å². The lowest BCUT2D eigenvalue weighted by atomic mass is 10.1. The molecule has 0 fully saturated rings. The highest BCUT2D eigenvalue weighted by Crippen LogP contribution is 2.27. The van der Waals surface area contributed by atoms with Crippen LogP contribution >= 0.6 is 23.8 Å². The van der Waals surface area contributed by atoms with Gasteiger partial charge in [-0.2, -0.15) is 0 Å². The summed E-state index contributed by atoms with van der Waals surface area (Å²) in [6.07, 6.45) is 2.12. The Morgan fingerprint density at radius 3 is 2.90 bits per heavy atom. The van der Waals surface area contributed by atoms with Crippen molar-refractivity contribution in [3.63, 3.8) is 0 Å². The van der Waals surface area contributed by atoms with Gasteiger partial charge in [0.05, 0.1) is 6.04 Å². The van der Waals surface area contributed by atoms with E-state index in [1.165, 1.54) is 5.69 Å². The van der Waals surface area contributed by atoms with Crippen molar-refractivity contribution in [1.29, 1.82) is 0 Å². The minimum atomic E-state index is 0.273. The molecule has 21 heavy (non-hydrogen) atoms. The number of benzene rings is 1.